The van der Waals surface area contributed by atoms with Gasteiger partial charge in [-0.3, -0.25) is 0 Å². The van der Waals surface area contributed by atoms with Crippen molar-refractivity contribution in [1.82, 2.24) is 0 Å². The topological polar surface area (TPSA) is 90.1 Å². The predicted octanol–water partition coefficient (Wildman–Crippen LogP) is 6.56. The van der Waals surface area contributed by atoms with E-state index in [-0.39, 0.29) is 31.9 Å². The first kappa shape index (κ1) is 42.4. The second-order valence-corrected chi connectivity index (χ2v) is 12.8. The SMILES string of the molecule is C1CCCC1.C[n+]1ccc(-c2cc[n+](CC3CCCC3)cc2)cc1.O=S(=O)([N-]S(=O)(=O)C(F)(F)F)C(F)(F)F.[CH3-].[CH3-].[Fe+2]. The molecule has 2 aromatic rings. The van der Waals surface area contributed by atoms with Crippen molar-refractivity contribution in [1.29, 1.82) is 0 Å². The van der Waals surface area contributed by atoms with E-state index in [9.17, 15) is 43.2 Å². The number of aromatic nitrogens is 2. The Labute approximate surface area is 256 Å². The Morgan fingerprint density at radius 1 is 0.690 bits per heavy atom. The molecule has 0 unspecified atom stereocenters. The van der Waals surface area contributed by atoms with Crippen molar-refractivity contribution in [3.63, 3.8) is 0 Å². The summed E-state index contributed by atoms with van der Waals surface area (Å²) < 4.78 is 114. The zero-order chi connectivity index (χ0) is 29.3. The molecule has 2 aliphatic rings. The normalized spacial score (nSPS) is 15.5. The van der Waals surface area contributed by atoms with Crippen LogP contribution in [0.2, 0.25) is 0 Å². The Morgan fingerprint density at radius 2 is 1.02 bits per heavy atom. The zero-order valence-corrected chi connectivity index (χ0v) is 26.4. The quantitative estimate of drug-likeness (QED) is 0.154. The Morgan fingerprint density at radius 3 is 1.36 bits per heavy atom. The van der Waals surface area contributed by atoms with E-state index in [4.69, 9.17) is 0 Å². The van der Waals surface area contributed by atoms with Crippen LogP contribution in [0.25, 0.3) is 15.3 Å². The Bertz CT molecular complexity index is 1200. The third-order valence-corrected chi connectivity index (χ3v) is 8.92. The fraction of sp³-hybridized carbons (Fsp3) is 0.538. The maximum absolute atomic E-state index is 11.4. The standard InChI is InChI=1S/C17H22N2.C5H10.C2F6NO4S2.2CH3.Fe/c1-18-10-6-16(7-11-18)17-8-12-19(13-9-17)14-15-4-2-3-5-15;1-2-4-5-3-1;3-1(4,5)14(10,11)9-15(12,13)2(6,7)8;;;/h6-13,15H,2-5,14H2,1H3;1-5H2;;2*1H3;/q+2;;3*-1;+2. The van der Waals surface area contributed by atoms with Crippen LogP contribution in [0.15, 0.2) is 49.1 Å². The van der Waals surface area contributed by atoms with E-state index in [0.29, 0.717) is 0 Å². The van der Waals surface area contributed by atoms with Crippen LogP contribution >= 0.6 is 0 Å². The summed E-state index contributed by atoms with van der Waals surface area (Å²) in [6.07, 6.45) is 21.8. The average molecular weight is 691 g/mol. The van der Waals surface area contributed by atoms with Gasteiger partial charge < -0.3 is 19.0 Å². The van der Waals surface area contributed by atoms with E-state index >= 15 is 0 Å². The van der Waals surface area contributed by atoms with Gasteiger partial charge in [0.25, 0.3) is 0 Å². The third-order valence-electron chi connectivity index (χ3n) is 6.18. The number of pyridine rings is 2. The summed E-state index contributed by atoms with van der Waals surface area (Å²) in [5, 5.41) is 0. The largest absolute Gasteiger partial charge is 2.00 e. The van der Waals surface area contributed by atoms with Gasteiger partial charge in [-0.25, -0.2) is 26.0 Å². The number of rotatable bonds is 5. The molecule has 0 saturated heterocycles. The number of nitrogens with zero attached hydrogens (tertiary/aromatic N) is 3. The van der Waals surface area contributed by atoms with Crippen LogP contribution in [0.3, 0.4) is 0 Å². The Kier molecular flexibility index (Phi) is 18.3. The summed E-state index contributed by atoms with van der Waals surface area (Å²) in [5.41, 5.74) is -9.83. The van der Waals surface area contributed by atoms with Crippen LogP contribution in [-0.2, 0) is 50.7 Å². The molecule has 2 aromatic heterocycles. The summed E-state index contributed by atoms with van der Waals surface area (Å²) in [7, 11) is -11.4. The molecule has 0 atom stereocenters. The molecule has 0 aromatic carbocycles. The molecule has 0 spiro atoms. The maximum atomic E-state index is 11.4. The first-order valence-corrected chi connectivity index (χ1v) is 15.2. The second kappa shape index (κ2) is 18.2. The van der Waals surface area contributed by atoms with Gasteiger partial charge in [0.2, 0.25) is 0 Å². The van der Waals surface area contributed by atoms with Crippen LogP contribution in [0.4, 0.5) is 26.3 Å². The molecule has 42 heavy (non-hydrogen) atoms. The van der Waals surface area contributed by atoms with E-state index < -0.39 is 31.1 Å². The van der Waals surface area contributed by atoms with Crippen molar-refractivity contribution in [3.05, 3.63) is 68.0 Å². The van der Waals surface area contributed by atoms with Gasteiger partial charge in [-0.05, 0) is 24.0 Å². The van der Waals surface area contributed by atoms with Crippen molar-refractivity contribution in [2.75, 3.05) is 0 Å². The van der Waals surface area contributed by atoms with Gasteiger partial charge in [0, 0.05) is 30.2 Å². The summed E-state index contributed by atoms with van der Waals surface area (Å²) >= 11 is 0. The third kappa shape index (κ3) is 13.7. The van der Waals surface area contributed by atoms with E-state index in [1.807, 2.05) is 7.05 Å². The molecule has 2 fully saturated rings. The fourth-order valence-corrected chi connectivity index (χ4v) is 5.76. The molecule has 0 N–H and O–H groups in total. The summed E-state index contributed by atoms with van der Waals surface area (Å²) in [6, 6.07) is 8.78. The summed E-state index contributed by atoms with van der Waals surface area (Å²) in [5.74, 6) is 0.895. The van der Waals surface area contributed by atoms with Crippen LogP contribution in [-0.4, -0.2) is 27.9 Å². The smallest absolute Gasteiger partial charge is 0.421 e. The molecule has 2 saturated carbocycles. The molecule has 16 heteroatoms. The molecule has 7 nitrogen and oxygen atoms in total. The minimum atomic E-state index is -6.72. The molecule has 4 rings (SSSR count). The van der Waals surface area contributed by atoms with Gasteiger partial charge in [-0.1, -0.05) is 44.9 Å². The zero-order valence-electron chi connectivity index (χ0n) is 23.7. The van der Waals surface area contributed by atoms with Gasteiger partial charge in [0.15, 0.2) is 51.4 Å². The molecule has 2 heterocycles. The number of aryl methyl sites for hydroxylation is 1. The van der Waals surface area contributed by atoms with E-state index in [0.717, 1.165) is 10.0 Å². The van der Waals surface area contributed by atoms with Crippen molar-refractivity contribution >= 4 is 20.0 Å². The van der Waals surface area contributed by atoms with Gasteiger partial charge in [0.1, 0.15) is 7.05 Å². The molecular weight excluding hydrogens is 652 g/mol. The fourth-order valence-electron chi connectivity index (χ4n) is 4.05. The predicted molar refractivity (Wildman–Crippen MR) is 144 cm³/mol. The molecule has 0 amide bonds. The van der Waals surface area contributed by atoms with Crippen LogP contribution in [0, 0.1) is 20.8 Å². The number of hydrogen-bond donors (Lipinski definition) is 0. The van der Waals surface area contributed by atoms with E-state index in [2.05, 4.69) is 58.2 Å². The monoisotopic (exact) mass is 690 g/mol. The minimum absolute atomic E-state index is 0. The Hall–Kier alpha value is -1.74. The summed E-state index contributed by atoms with van der Waals surface area (Å²) in [6.45, 7) is 1.18. The number of alkyl halides is 6. The van der Waals surface area contributed by atoms with E-state index in [1.165, 1.54) is 75.5 Å². The van der Waals surface area contributed by atoms with Crippen LogP contribution in [0.5, 0.6) is 0 Å². The van der Waals surface area contributed by atoms with Gasteiger partial charge in [-0.2, -0.15) is 26.3 Å². The molecular formula is C26H38F6FeN3O4S2+. The number of hydrogen-bond acceptors (Lipinski definition) is 4. The van der Waals surface area contributed by atoms with Gasteiger partial charge >= 0.3 is 28.1 Å². The second-order valence-electron chi connectivity index (χ2n) is 9.37. The molecule has 242 valence electrons. The van der Waals surface area contributed by atoms with Crippen molar-refractivity contribution in [2.24, 2.45) is 13.0 Å². The first-order valence-electron chi connectivity index (χ1n) is 12.3. The Balaban J connectivity index is 0. The average Bonchev–Trinajstić information content (AvgIpc) is 3.56. The maximum Gasteiger partial charge on any atom is 2.00 e. The van der Waals surface area contributed by atoms with Crippen molar-refractivity contribution < 1.29 is 69.4 Å². The minimum Gasteiger partial charge on any atom is -0.421 e. The van der Waals surface area contributed by atoms with Crippen LogP contribution in [0.1, 0.15) is 57.8 Å². The molecule has 0 radical (unpaired) electrons. The van der Waals surface area contributed by atoms with Crippen LogP contribution < -0.4 is 9.13 Å². The summed E-state index contributed by atoms with van der Waals surface area (Å²) in [4.78, 5) is 0. The van der Waals surface area contributed by atoms with E-state index in [1.54, 1.807) is 0 Å². The van der Waals surface area contributed by atoms with Crippen molar-refractivity contribution in [2.45, 2.75) is 75.3 Å². The number of halogens is 6. The van der Waals surface area contributed by atoms with Gasteiger partial charge in [0.05, 0.1) is 0 Å². The first-order chi connectivity index (χ1) is 18.0. The van der Waals surface area contributed by atoms with Gasteiger partial charge in [-0.15, -0.1) is 0 Å². The molecule has 0 bridgehead atoms. The van der Waals surface area contributed by atoms with Crippen molar-refractivity contribution in [3.8, 4) is 11.1 Å². The molecule has 0 aliphatic heterocycles. The molecule has 2 aliphatic carbocycles. The number of sulfonamides is 2.